The van der Waals surface area contributed by atoms with Gasteiger partial charge in [0.25, 0.3) is 0 Å². The minimum Gasteiger partial charge on any atom is -0.483 e. The summed E-state index contributed by atoms with van der Waals surface area (Å²) in [7, 11) is 0. The number of aromatic nitrogens is 4. The molecule has 8 aromatic rings. The molecule has 0 aliphatic heterocycles. The van der Waals surface area contributed by atoms with E-state index < -0.39 is 0 Å². The molecule has 0 aliphatic rings. The van der Waals surface area contributed by atoms with Gasteiger partial charge in [0, 0.05) is 56.4 Å². The molecule has 48 heavy (non-hydrogen) atoms. The second kappa shape index (κ2) is 12.7. The normalized spacial score (nSPS) is 11.5. The van der Waals surface area contributed by atoms with E-state index in [1.54, 1.807) is 0 Å². The third kappa shape index (κ3) is 5.98. The minimum absolute atomic E-state index is 0. The maximum Gasteiger partial charge on any atom is 0.135 e. The fourth-order valence-electron chi connectivity index (χ4n) is 6.09. The molecule has 0 amide bonds. The van der Waals surface area contributed by atoms with Crippen LogP contribution in [0.2, 0.25) is 0 Å². The van der Waals surface area contributed by atoms with Crippen LogP contribution in [-0.4, -0.2) is 19.3 Å². The molecule has 3 heterocycles. The summed E-state index contributed by atoms with van der Waals surface area (Å²) in [5, 5.41) is 6.92. The van der Waals surface area contributed by atoms with Gasteiger partial charge in [-0.15, -0.1) is 17.5 Å². The molecule has 5 aromatic carbocycles. The second-order valence-electron chi connectivity index (χ2n) is 12.8. The standard InChI is InChI=1S/C42H33N4O.Pt/c1-42(2,3)33-22-23-43-41(24-33)46-39-15-8-7-14-37(39)38-21-20-36(26-40(38)46)47-35-13-9-12-34(25-35)45-28-32(27-44-45)31-18-16-30(17-19-31)29-10-5-4-6-11-29;/h4-25,27-28H,1-3H3;/q-1;. The number of ether oxygens (including phenoxy) is 1. The zero-order valence-corrected chi connectivity index (χ0v) is 29.1. The zero-order valence-electron chi connectivity index (χ0n) is 26.9. The third-order valence-corrected chi connectivity index (χ3v) is 8.62. The Morgan fingerprint density at radius 1 is 0.667 bits per heavy atom. The van der Waals surface area contributed by atoms with Crippen molar-refractivity contribution in [2.75, 3.05) is 0 Å². The van der Waals surface area contributed by atoms with Crippen LogP contribution in [0.1, 0.15) is 26.3 Å². The first-order valence-electron chi connectivity index (χ1n) is 15.8. The molecule has 8 rings (SSSR count). The summed E-state index contributed by atoms with van der Waals surface area (Å²) < 4.78 is 10.5. The predicted octanol–water partition coefficient (Wildman–Crippen LogP) is 10.6. The summed E-state index contributed by atoms with van der Waals surface area (Å²) in [6.07, 6.45) is 5.84. The molecule has 238 valence electrons. The van der Waals surface area contributed by atoms with Crippen LogP contribution in [0.4, 0.5) is 0 Å². The van der Waals surface area contributed by atoms with Gasteiger partial charge >= 0.3 is 0 Å². The van der Waals surface area contributed by atoms with E-state index in [1.165, 1.54) is 16.7 Å². The van der Waals surface area contributed by atoms with E-state index in [-0.39, 0.29) is 26.5 Å². The SMILES string of the molecule is CC(C)(C)c1ccnc(-n2c3[c-]c(Oc4cccc(-n5cc(-c6ccc(-c7ccccc7)cc6)cn5)c4)ccc3c3ccccc32)c1.[Pt]. The Hall–Kier alpha value is -5.25. The van der Waals surface area contributed by atoms with Crippen molar-refractivity contribution in [3.63, 3.8) is 0 Å². The summed E-state index contributed by atoms with van der Waals surface area (Å²) in [6.45, 7) is 6.66. The molecule has 0 atom stereocenters. The number of fused-ring (bicyclic) bond motifs is 3. The van der Waals surface area contributed by atoms with E-state index in [2.05, 4.69) is 127 Å². The van der Waals surface area contributed by atoms with Gasteiger partial charge in [-0.05, 0) is 63.4 Å². The Balaban J connectivity index is 0.00000364. The number of hydrogen-bond donors (Lipinski definition) is 0. The number of rotatable bonds is 6. The zero-order chi connectivity index (χ0) is 32.0. The molecular weight excluding hydrogens is 772 g/mol. The van der Waals surface area contributed by atoms with Crippen molar-refractivity contribution in [2.24, 2.45) is 0 Å². The Bertz CT molecular complexity index is 2370. The van der Waals surface area contributed by atoms with E-state index in [9.17, 15) is 0 Å². The Morgan fingerprint density at radius 2 is 1.40 bits per heavy atom. The largest absolute Gasteiger partial charge is 0.483 e. The van der Waals surface area contributed by atoms with Crippen LogP contribution in [0.5, 0.6) is 11.5 Å². The van der Waals surface area contributed by atoms with Crippen molar-refractivity contribution >= 4 is 21.8 Å². The number of benzene rings is 5. The molecule has 0 fully saturated rings. The van der Waals surface area contributed by atoms with Gasteiger partial charge in [0.05, 0.1) is 11.9 Å². The first-order chi connectivity index (χ1) is 22.9. The average Bonchev–Trinajstić information content (AvgIpc) is 3.72. The van der Waals surface area contributed by atoms with Gasteiger partial charge in [0.1, 0.15) is 11.6 Å². The predicted molar refractivity (Wildman–Crippen MR) is 191 cm³/mol. The molecule has 0 spiro atoms. The van der Waals surface area contributed by atoms with E-state index in [0.717, 1.165) is 44.4 Å². The van der Waals surface area contributed by atoms with E-state index >= 15 is 0 Å². The maximum absolute atomic E-state index is 6.43. The Labute approximate surface area is 294 Å². The molecule has 0 saturated carbocycles. The van der Waals surface area contributed by atoms with E-state index in [0.29, 0.717) is 11.5 Å². The first kappa shape index (κ1) is 31.4. The minimum atomic E-state index is 0. The van der Waals surface area contributed by atoms with Gasteiger partial charge in [0.15, 0.2) is 0 Å². The van der Waals surface area contributed by atoms with Gasteiger partial charge in [-0.2, -0.15) is 11.2 Å². The van der Waals surface area contributed by atoms with E-state index in [1.807, 2.05) is 59.7 Å². The molecule has 0 bridgehead atoms. The molecule has 0 radical (unpaired) electrons. The van der Waals surface area contributed by atoms with Gasteiger partial charge < -0.3 is 9.30 Å². The van der Waals surface area contributed by atoms with Crippen LogP contribution in [0, 0.1) is 6.07 Å². The van der Waals surface area contributed by atoms with Crippen molar-refractivity contribution in [1.82, 2.24) is 19.3 Å². The number of hydrogen-bond acceptors (Lipinski definition) is 3. The van der Waals surface area contributed by atoms with Crippen LogP contribution in [0.3, 0.4) is 0 Å². The first-order valence-corrected chi connectivity index (χ1v) is 15.8. The molecule has 5 nitrogen and oxygen atoms in total. The van der Waals surface area contributed by atoms with Gasteiger partial charge in [-0.25, -0.2) is 9.67 Å². The monoisotopic (exact) mass is 804 g/mol. The molecule has 0 unspecified atom stereocenters. The fourth-order valence-corrected chi connectivity index (χ4v) is 6.09. The second-order valence-corrected chi connectivity index (χ2v) is 12.8. The number of nitrogens with zero attached hydrogens (tertiary/aromatic N) is 4. The van der Waals surface area contributed by atoms with Gasteiger partial charge in [-0.3, -0.25) is 0 Å². The van der Waals surface area contributed by atoms with Crippen LogP contribution < -0.4 is 4.74 Å². The molecular formula is C42H33N4OPt-. The fraction of sp³-hybridized carbons (Fsp3) is 0.0952. The van der Waals surface area contributed by atoms with Crippen molar-refractivity contribution in [2.45, 2.75) is 26.2 Å². The summed E-state index contributed by atoms with van der Waals surface area (Å²) in [5.74, 6) is 2.20. The van der Waals surface area contributed by atoms with Crippen molar-refractivity contribution < 1.29 is 25.8 Å². The Kier molecular flexibility index (Phi) is 8.33. The van der Waals surface area contributed by atoms with Crippen molar-refractivity contribution in [3.05, 3.63) is 158 Å². The molecule has 0 saturated heterocycles. The molecule has 3 aromatic heterocycles. The van der Waals surface area contributed by atoms with Gasteiger partial charge in [0.2, 0.25) is 0 Å². The summed E-state index contributed by atoms with van der Waals surface area (Å²) in [6, 6.07) is 47.3. The summed E-state index contributed by atoms with van der Waals surface area (Å²) in [4.78, 5) is 4.79. The molecule has 0 N–H and O–H groups in total. The summed E-state index contributed by atoms with van der Waals surface area (Å²) in [5.41, 5.74) is 8.70. The van der Waals surface area contributed by atoms with Crippen LogP contribution in [0.15, 0.2) is 146 Å². The number of pyridine rings is 1. The van der Waals surface area contributed by atoms with Crippen LogP contribution in [-0.2, 0) is 26.5 Å². The van der Waals surface area contributed by atoms with Crippen molar-refractivity contribution in [3.8, 4) is 45.3 Å². The Morgan fingerprint density at radius 3 is 2.19 bits per heavy atom. The van der Waals surface area contributed by atoms with Crippen molar-refractivity contribution in [1.29, 1.82) is 0 Å². The summed E-state index contributed by atoms with van der Waals surface area (Å²) >= 11 is 0. The average molecular weight is 805 g/mol. The topological polar surface area (TPSA) is 44.9 Å². The van der Waals surface area contributed by atoms with E-state index in [4.69, 9.17) is 9.72 Å². The third-order valence-electron chi connectivity index (χ3n) is 8.62. The van der Waals surface area contributed by atoms with Crippen LogP contribution in [0.25, 0.3) is 55.6 Å². The molecule has 6 heteroatoms. The number of para-hydroxylation sites is 1. The molecule has 0 aliphatic carbocycles. The van der Waals surface area contributed by atoms with Gasteiger partial charge in [-0.1, -0.05) is 105 Å². The maximum atomic E-state index is 6.43. The quantitative estimate of drug-likeness (QED) is 0.157. The van der Waals surface area contributed by atoms with Crippen LogP contribution >= 0.6 is 0 Å². The smallest absolute Gasteiger partial charge is 0.135 e.